The average Bonchev–Trinajstić information content (AvgIpc) is 2.16. The van der Waals surface area contributed by atoms with Crippen LogP contribution in [-0.4, -0.2) is 18.1 Å². The molecule has 3 nitrogen and oxygen atoms in total. The summed E-state index contributed by atoms with van der Waals surface area (Å²) in [7, 11) is 0. The molecule has 1 aromatic rings. The molecule has 90 valence electrons. The molecule has 0 aliphatic carbocycles. The third kappa shape index (κ3) is 3.73. The van der Waals surface area contributed by atoms with Gasteiger partial charge in [-0.25, -0.2) is 13.8 Å². The van der Waals surface area contributed by atoms with E-state index in [0.29, 0.717) is 13.1 Å². The molecule has 1 aromatic heterocycles. The zero-order chi connectivity index (χ0) is 12.2. The first-order chi connectivity index (χ1) is 7.44. The maximum atomic E-state index is 13.2. The van der Waals surface area contributed by atoms with Crippen molar-refractivity contribution >= 4 is 5.82 Å². The lowest BCUT2D eigenvalue weighted by atomic mass is 9.89. The molecular weight excluding hydrogens is 212 g/mol. The highest BCUT2D eigenvalue weighted by molar-refractivity contribution is 5.35. The Bertz CT molecular complexity index is 353. The van der Waals surface area contributed by atoms with E-state index in [2.05, 4.69) is 10.3 Å². The maximum Gasteiger partial charge on any atom is 0.168 e. The van der Waals surface area contributed by atoms with Crippen LogP contribution in [0.5, 0.6) is 0 Å². The van der Waals surface area contributed by atoms with Crippen LogP contribution in [0.4, 0.5) is 14.6 Å². The predicted molar refractivity (Wildman–Crippen MR) is 60.1 cm³/mol. The third-order valence-electron chi connectivity index (χ3n) is 2.36. The van der Waals surface area contributed by atoms with Gasteiger partial charge in [-0.05, 0) is 18.4 Å². The van der Waals surface area contributed by atoms with Crippen LogP contribution in [0, 0.1) is 17.0 Å². The molecule has 0 amide bonds. The molecule has 0 spiro atoms. The summed E-state index contributed by atoms with van der Waals surface area (Å²) in [6.07, 6.45) is 1.81. The largest absolute Gasteiger partial charge is 0.367 e. The van der Waals surface area contributed by atoms with Gasteiger partial charge in [0, 0.05) is 12.6 Å². The molecule has 0 atom stereocenters. The Morgan fingerprint density at radius 1 is 1.44 bits per heavy atom. The van der Waals surface area contributed by atoms with Gasteiger partial charge in [-0.15, -0.1) is 0 Å². The van der Waals surface area contributed by atoms with E-state index in [9.17, 15) is 8.78 Å². The number of rotatable bonds is 5. The Hall–Kier alpha value is -1.23. The zero-order valence-electron chi connectivity index (χ0n) is 9.56. The summed E-state index contributed by atoms with van der Waals surface area (Å²) in [6, 6.07) is 0.811. The van der Waals surface area contributed by atoms with E-state index in [1.165, 1.54) is 0 Å². The number of halogens is 2. The van der Waals surface area contributed by atoms with Crippen LogP contribution in [-0.2, 0) is 0 Å². The van der Waals surface area contributed by atoms with E-state index >= 15 is 0 Å². The van der Waals surface area contributed by atoms with Crippen LogP contribution >= 0.6 is 0 Å². The Labute approximate surface area is 94.1 Å². The molecule has 1 rings (SSSR count). The van der Waals surface area contributed by atoms with E-state index in [1.54, 1.807) is 0 Å². The first-order valence-electron chi connectivity index (χ1n) is 5.19. The minimum Gasteiger partial charge on any atom is -0.367 e. The normalized spacial score (nSPS) is 11.6. The minimum absolute atomic E-state index is 0.0444. The van der Waals surface area contributed by atoms with Crippen molar-refractivity contribution in [2.45, 2.75) is 20.3 Å². The summed E-state index contributed by atoms with van der Waals surface area (Å²) in [6.45, 7) is 5.16. The lowest BCUT2D eigenvalue weighted by Crippen LogP contribution is -2.26. The predicted octanol–water partition coefficient (Wildman–Crippen LogP) is 2.15. The van der Waals surface area contributed by atoms with Crippen molar-refractivity contribution in [3.63, 3.8) is 0 Å². The second-order valence-electron chi connectivity index (χ2n) is 4.54. The Kier molecular flexibility index (Phi) is 4.18. The number of nitrogens with zero attached hydrogens (tertiary/aromatic N) is 1. The van der Waals surface area contributed by atoms with Gasteiger partial charge in [0.1, 0.15) is 5.82 Å². The maximum absolute atomic E-state index is 13.2. The van der Waals surface area contributed by atoms with Crippen molar-refractivity contribution in [2.24, 2.45) is 11.1 Å². The first-order valence-corrected chi connectivity index (χ1v) is 5.19. The van der Waals surface area contributed by atoms with Gasteiger partial charge in [-0.3, -0.25) is 0 Å². The molecule has 0 aliphatic heterocycles. The molecule has 0 saturated heterocycles. The summed E-state index contributed by atoms with van der Waals surface area (Å²) >= 11 is 0. The SMILES string of the molecule is CC(C)(CCN)CNc1ncc(F)cc1F. The van der Waals surface area contributed by atoms with Crippen LogP contribution in [0.15, 0.2) is 12.3 Å². The first kappa shape index (κ1) is 12.8. The van der Waals surface area contributed by atoms with Crippen LogP contribution in [0.3, 0.4) is 0 Å². The van der Waals surface area contributed by atoms with Gasteiger partial charge in [0.2, 0.25) is 0 Å². The smallest absolute Gasteiger partial charge is 0.168 e. The Balaban J connectivity index is 2.61. The van der Waals surface area contributed by atoms with Crippen LogP contribution in [0.25, 0.3) is 0 Å². The van der Waals surface area contributed by atoms with Gasteiger partial charge >= 0.3 is 0 Å². The number of nitrogens with two attached hydrogens (primary N) is 1. The van der Waals surface area contributed by atoms with Crippen molar-refractivity contribution in [1.82, 2.24) is 4.98 Å². The Morgan fingerprint density at radius 2 is 2.12 bits per heavy atom. The summed E-state index contributed by atoms with van der Waals surface area (Å²) in [5.41, 5.74) is 5.42. The summed E-state index contributed by atoms with van der Waals surface area (Å²) < 4.78 is 25.8. The van der Waals surface area contributed by atoms with Crippen molar-refractivity contribution < 1.29 is 8.78 Å². The monoisotopic (exact) mass is 229 g/mol. The van der Waals surface area contributed by atoms with E-state index in [-0.39, 0.29) is 11.2 Å². The molecule has 0 aromatic carbocycles. The molecule has 0 fully saturated rings. The van der Waals surface area contributed by atoms with Crippen LogP contribution in [0.1, 0.15) is 20.3 Å². The number of hydrogen-bond acceptors (Lipinski definition) is 3. The van der Waals surface area contributed by atoms with Crippen molar-refractivity contribution in [3.8, 4) is 0 Å². The lowest BCUT2D eigenvalue weighted by molar-refractivity contribution is 0.364. The topological polar surface area (TPSA) is 50.9 Å². The summed E-state index contributed by atoms with van der Waals surface area (Å²) in [5.74, 6) is -1.28. The molecule has 3 N–H and O–H groups in total. The number of aromatic nitrogens is 1. The van der Waals surface area contributed by atoms with Gasteiger partial charge in [-0.1, -0.05) is 13.8 Å². The van der Waals surface area contributed by atoms with Gasteiger partial charge < -0.3 is 11.1 Å². The molecule has 16 heavy (non-hydrogen) atoms. The van der Waals surface area contributed by atoms with Gasteiger partial charge in [0.15, 0.2) is 11.6 Å². The van der Waals surface area contributed by atoms with Crippen molar-refractivity contribution in [3.05, 3.63) is 23.9 Å². The van der Waals surface area contributed by atoms with Gasteiger partial charge in [0.25, 0.3) is 0 Å². The van der Waals surface area contributed by atoms with E-state index in [0.717, 1.165) is 18.7 Å². The second-order valence-corrected chi connectivity index (χ2v) is 4.54. The van der Waals surface area contributed by atoms with E-state index in [1.807, 2.05) is 13.8 Å². The van der Waals surface area contributed by atoms with E-state index in [4.69, 9.17) is 5.73 Å². The fourth-order valence-electron chi connectivity index (χ4n) is 1.35. The standard InChI is InChI=1S/C11H17F2N3/c1-11(2,3-4-14)7-16-10-9(13)5-8(12)6-15-10/h5-6H,3-4,7,14H2,1-2H3,(H,15,16). The molecule has 0 saturated carbocycles. The molecule has 0 unspecified atom stereocenters. The molecule has 0 radical (unpaired) electrons. The van der Waals surface area contributed by atoms with Gasteiger partial charge in [-0.2, -0.15) is 0 Å². The van der Waals surface area contributed by atoms with Crippen molar-refractivity contribution in [2.75, 3.05) is 18.4 Å². The number of nitrogens with one attached hydrogen (secondary N) is 1. The quantitative estimate of drug-likeness (QED) is 0.813. The van der Waals surface area contributed by atoms with Crippen LogP contribution < -0.4 is 11.1 Å². The average molecular weight is 229 g/mol. The number of anilines is 1. The minimum atomic E-state index is -0.677. The fourth-order valence-corrected chi connectivity index (χ4v) is 1.35. The lowest BCUT2D eigenvalue weighted by Gasteiger charge is -2.24. The van der Waals surface area contributed by atoms with Gasteiger partial charge in [0.05, 0.1) is 6.20 Å². The molecule has 1 heterocycles. The molecular formula is C11H17F2N3. The highest BCUT2D eigenvalue weighted by atomic mass is 19.1. The highest BCUT2D eigenvalue weighted by Gasteiger charge is 2.17. The Morgan fingerprint density at radius 3 is 2.69 bits per heavy atom. The molecule has 0 aliphatic rings. The van der Waals surface area contributed by atoms with Crippen molar-refractivity contribution in [1.29, 1.82) is 0 Å². The highest BCUT2D eigenvalue weighted by Crippen LogP contribution is 2.20. The van der Waals surface area contributed by atoms with Crippen LogP contribution in [0.2, 0.25) is 0 Å². The summed E-state index contributed by atoms with van der Waals surface area (Å²) in [4.78, 5) is 3.65. The zero-order valence-corrected chi connectivity index (χ0v) is 9.56. The molecule has 0 bridgehead atoms. The fraction of sp³-hybridized carbons (Fsp3) is 0.545. The second kappa shape index (κ2) is 5.21. The number of hydrogen-bond donors (Lipinski definition) is 2. The summed E-state index contributed by atoms with van der Waals surface area (Å²) in [5, 5.41) is 2.86. The van der Waals surface area contributed by atoms with E-state index < -0.39 is 11.6 Å². The molecule has 5 heteroatoms. The third-order valence-corrected chi connectivity index (χ3v) is 2.36. The number of pyridine rings is 1.